The van der Waals surface area contributed by atoms with E-state index < -0.39 is 0 Å². The number of anilines is 2. The van der Waals surface area contributed by atoms with Crippen LogP contribution in [0.4, 0.5) is 11.4 Å². The third kappa shape index (κ3) is 6.21. The van der Waals surface area contributed by atoms with Crippen molar-refractivity contribution in [1.29, 1.82) is 0 Å². The zero-order valence-corrected chi connectivity index (χ0v) is 19.2. The predicted molar refractivity (Wildman–Crippen MR) is 130 cm³/mol. The number of rotatable bonds is 8. The molecule has 0 aliphatic carbocycles. The maximum atomic E-state index is 6.16. The van der Waals surface area contributed by atoms with Gasteiger partial charge in [0.25, 0.3) is 0 Å². The molecule has 0 amide bonds. The second-order valence-electron chi connectivity index (χ2n) is 7.53. The normalized spacial score (nSPS) is 10.7. The molecule has 2 aromatic carbocycles. The van der Waals surface area contributed by atoms with Crippen molar-refractivity contribution in [3.8, 4) is 0 Å². The van der Waals surface area contributed by atoms with Crippen LogP contribution < -0.4 is 10.2 Å². The Kier molecular flexibility index (Phi) is 7.71. The van der Waals surface area contributed by atoms with E-state index in [-0.39, 0.29) is 0 Å². The number of hydrogen-bond donors (Lipinski definition) is 1. The number of aromatic nitrogens is 2. The van der Waals surface area contributed by atoms with Gasteiger partial charge in [0, 0.05) is 62.5 Å². The fourth-order valence-electron chi connectivity index (χ4n) is 3.16. The highest BCUT2D eigenvalue weighted by Crippen LogP contribution is 2.20. The van der Waals surface area contributed by atoms with E-state index >= 15 is 0 Å². The molecule has 0 radical (unpaired) electrons. The number of halogens is 1. The summed E-state index contributed by atoms with van der Waals surface area (Å²) in [4.78, 5) is 8.42. The zero-order valence-electron chi connectivity index (χ0n) is 17.7. The highest BCUT2D eigenvalue weighted by molar-refractivity contribution is 7.80. The Bertz CT molecular complexity index is 954. The Labute approximate surface area is 189 Å². The quantitative estimate of drug-likeness (QED) is 0.486. The van der Waals surface area contributed by atoms with Gasteiger partial charge in [0.05, 0.1) is 6.33 Å². The van der Waals surface area contributed by atoms with Gasteiger partial charge >= 0.3 is 0 Å². The standard InChI is InChI=1S/C23H28ClN5S/c1-18-15-20(7-10-22(18)24)26-23(30)29(13-4-12-28-14-11-25-17-28)16-19-5-8-21(9-6-19)27(2)3/h5-11,14-15,17H,4,12-13,16H2,1-3H3,(H,26,30). The minimum atomic E-state index is 0.707. The summed E-state index contributed by atoms with van der Waals surface area (Å²) in [5, 5.41) is 4.84. The van der Waals surface area contributed by atoms with Gasteiger partial charge in [0.1, 0.15) is 0 Å². The lowest BCUT2D eigenvalue weighted by Crippen LogP contribution is -2.35. The molecular formula is C23H28ClN5S. The van der Waals surface area contributed by atoms with Crippen molar-refractivity contribution in [2.45, 2.75) is 26.4 Å². The summed E-state index contributed by atoms with van der Waals surface area (Å²) in [6.07, 6.45) is 6.60. The van der Waals surface area contributed by atoms with E-state index in [4.69, 9.17) is 23.8 Å². The van der Waals surface area contributed by atoms with Crippen LogP contribution in [0.15, 0.2) is 61.2 Å². The molecule has 0 saturated carbocycles. The van der Waals surface area contributed by atoms with Crippen molar-refractivity contribution in [2.75, 3.05) is 30.9 Å². The SMILES string of the molecule is Cc1cc(NC(=S)N(CCCn2ccnc2)Cc2ccc(N(C)C)cc2)ccc1Cl. The maximum absolute atomic E-state index is 6.16. The lowest BCUT2D eigenvalue weighted by Gasteiger charge is -2.26. The fraction of sp³-hybridized carbons (Fsp3) is 0.304. The van der Waals surface area contributed by atoms with Gasteiger partial charge in [-0.15, -0.1) is 0 Å². The van der Waals surface area contributed by atoms with Crippen LogP contribution in [0.3, 0.4) is 0 Å². The molecule has 0 atom stereocenters. The van der Waals surface area contributed by atoms with Gasteiger partial charge < -0.3 is 19.7 Å². The second kappa shape index (κ2) is 10.5. The molecule has 5 nitrogen and oxygen atoms in total. The summed E-state index contributed by atoms with van der Waals surface area (Å²) in [5.41, 5.74) is 4.38. The second-order valence-corrected chi connectivity index (χ2v) is 8.32. The van der Waals surface area contributed by atoms with Crippen molar-refractivity contribution in [2.24, 2.45) is 0 Å². The van der Waals surface area contributed by atoms with Crippen LogP contribution >= 0.6 is 23.8 Å². The third-order valence-corrected chi connectivity index (χ3v) is 5.71. The van der Waals surface area contributed by atoms with Gasteiger partial charge in [-0.25, -0.2) is 4.98 Å². The fourth-order valence-corrected chi connectivity index (χ4v) is 3.55. The first-order valence-electron chi connectivity index (χ1n) is 9.96. The summed E-state index contributed by atoms with van der Waals surface area (Å²) in [6.45, 7) is 4.48. The average Bonchev–Trinajstić information content (AvgIpc) is 3.24. The minimum Gasteiger partial charge on any atom is -0.378 e. The Morgan fingerprint density at radius 2 is 1.93 bits per heavy atom. The number of aryl methyl sites for hydroxylation is 2. The molecular weight excluding hydrogens is 414 g/mol. The Balaban J connectivity index is 1.69. The van der Waals surface area contributed by atoms with Crippen molar-refractivity contribution in [1.82, 2.24) is 14.5 Å². The predicted octanol–water partition coefficient (Wildman–Crippen LogP) is 5.20. The number of benzene rings is 2. The zero-order chi connectivity index (χ0) is 21.5. The number of thiocarbonyl (C=S) groups is 1. The Morgan fingerprint density at radius 1 is 1.17 bits per heavy atom. The van der Waals surface area contributed by atoms with E-state index in [0.29, 0.717) is 5.11 Å². The van der Waals surface area contributed by atoms with Gasteiger partial charge in [-0.3, -0.25) is 0 Å². The third-order valence-electron chi connectivity index (χ3n) is 4.93. The van der Waals surface area contributed by atoms with Gasteiger partial charge in [0.15, 0.2) is 5.11 Å². The lowest BCUT2D eigenvalue weighted by molar-refractivity contribution is 0.396. The summed E-state index contributed by atoms with van der Waals surface area (Å²) in [5.74, 6) is 0. The number of hydrogen-bond acceptors (Lipinski definition) is 3. The van der Waals surface area contributed by atoms with Crippen molar-refractivity contribution in [3.63, 3.8) is 0 Å². The topological polar surface area (TPSA) is 36.3 Å². The highest BCUT2D eigenvalue weighted by atomic mass is 35.5. The molecule has 0 fully saturated rings. The van der Waals surface area contributed by atoms with Crippen molar-refractivity contribution in [3.05, 3.63) is 77.3 Å². The summed E-state index contributed by atoms with van der Waals surface area (Å²) in [6, 6.07) is 14.5. The van der Waals surface area contributed by atoms with E-state index in [1.165, 1.54) is 11.3 Å². The number of imidazole rings is 1. The average molecular weight is 442 g/mol. The summed E-state index contributed by atoms with van der Waals surface area (Å²) < 4.78 is 2.09. The molecule has 0 saturated heterocycles. The summed E-state index contributed by atoms with van der Waals surface area (Å²) >= 11 is 11.9. The minimum absolute atomic E-state index is 0.707. The molecule has 0 spiro atoms. The highest BCUT2D eigenvalue weighted by Gasteiger charge is 2.12. The summed E-state index contributed by atoms with van der Waals surface area (Å²) in [7, 11) is 4.09. The molecule has 3 aromatic rings. The van der Waals surface area contributed by atoms with Crippen LogP contribution in [-0.4, -0.2) is 40.2 Å². The number of nitrogens with one attached hydrogen (secondary N) is 1. The first kappa shape index (κ1) is 22.1. The van der Waals surface area contributed by atoms with Crippen LogP contribution in [0.2, 0.25) is 5.02 Å². The first-order valence-corrected chi connectivity index (χ1v) is 10.7. The van der Waals surface area contributed by atoms with Gasteiger partial charge in [-0.1, -0.05) is 23.7 Å². The molecule has 7 heteroatoms. The lowest BCUT2D eigenvalue weighted by atomic mass is 10.2. The van der Waals surface area contributed by atoms with Crippen LogP contribution in [0.25, 0.3) is 0 Å². The van der Waals surface area contributed by atoms with Crippen molar-refractivity contribution >= 4 is 40.3 Å². The van der Waals surface area contributed by atoms with E-state index in [9.17, 15) is 0 Å². The van der Waals surface area contributed by atoms with Gasteiger partial charge in [-0.2, -0.15) is 0 Å². The van der Waals surface area contributed by atoms with E-state index in [2.05, 4.69) is 48.9 Å². The largest absolute Gasteiger partial charge is 0.378 e. The van der Waals surface area contributed by atoms with Crippen LogP contribution in [-0.2, 0) is 13.1 Å². The molecule has 1 aromatic heterocycles. The molecule has 1 N–H and O–H groups in total. The smallest absolute Gasteiger partial charge is 0.173 e. The maximum Gasteiger partial charge on any atom is 0.173 e. The van der Waals surface area contributed by atoms with Crippen LogP contribution in [0.1, 0.15) is 17.5 Å². The van der Waals surface area contributed by atoms with Gasteiger partial charge in [0.2, 0.25) is 0 Å². The molecule has 3 rings (SSSR count). The molecule has 1 heterocycles. The molecule has 0 unspecified atom stereocenters. The van der Waals surface area contributed by atoms with Crippen molar-refractivity contribution < 1.29 is 0 Å². The van der Waals surface area contributed by atoms with Crippen LogP contribution in [0.5, 0.6) is 0 Å². The van der Waals surface area contributed by atoms with Crippen LogP contribution in [0, 0.1) is 6.92 Å². The molecule has 0 aliphatic heterocycles. The molecule has 158 valence electrons. The molecule has 30 heavy (non-hydrogen) atoms. The van der Waals surface area contributed by atoms with E-state index in [1.54, 1.807) is 6.20 Å². The molecule has 0 aliphatic rings. The number of nitrogens with zero attached hydrogens (tertiary/aromatic N) is 4. The Morgan fingerprint density at radius 3 is 2.57 bits per heavy atom. The van der Waals surface area contributed by atoms with E-state index in [1.807, 2.05) is 51.7 Å². The first-order chi connectivity index (χ1) is 14.4. The van der Waals surface area contributed by atoms with Gasteiger partial charge in [-0.05, 0) is 67.0 Å². The van der Waals surface area contributed by atoms with E-state index in [0.717, 1.165) is 42.3 Å². The molecule has 0 bridgehead atoms. The Hall–Kier alpha value is -2.57. The monoisotopic (exact) mass is 441 g/mol.